The van der Waals surface area contributed by atoms with Crippen LogP contribution < -0.4 is 16.0 Å². The first-order valence-electron chi connectivity index (χ1n) is 9.77. The van der Waals surface area contributed by atoms with Gasteiger partial charge in [-0.2, -0.15) is 0 Å². The van der Waals surface area contributed by atoms with Crippen molar-refractivity contribution in [3.63, 3.8) is 0 Å². The van der Waals surface area contributed by atoms with Crippen molar-refractivity contribution in [3.8, 4) is 0 Å². The fourth-order valence-electron chi connectivity index (χ4n) is 2.17. The van der Waals surface area contributed by atoms with Crippen molar-refractivity contribution < 1.29 is 33.0 Å². The average Bonchev–Trinajstić information content (AvgIpc) is 2.46. The van der Waals surface area contributed by atoms with E-state index in [9.17, 15) is 23.6 Å². The Morgan fingerprint density at radius 3 is 1.80 bits per heavy atom. The van der Waals surface area contributed by atoms with E-state index < -0.39 is 59.4 Å². The van der Waals surface area contributed by atoms with Crippen LogP contribution in [0.5, 0.6) is 0 Å². The van der Waals surface area contributed by atoms with Crippen molar-refractivity contribution in [1.29, 1.82) is 0 Å². The van der Waals surface area contributed by atoms with Crippen molar-refractivity contribution in [2.24, 2.45) is 0 Å². The zero-order valence-corrected chi connectivity index (χ0v) is 19.4. The van der Waals surface area contributed by atoms with Crippen LogP contribution in [0, 0.1) is 0 Å². The minimum atomic E-state index is -1.73. The molecule has 3 N–H and O–H groups in total. The summed E-state index contributed by atoms with van der Waals surface area (Å²) in [6.07, 6.45) is -1.07. The molecule has 0 aromatic rings. The Bertz CT molecular complexity index is 632. The molecule has 0 aliphatic carbocycles. The lowest BCUT2D eigenvalue weighted by atomic mass is 10.0. The summed E-state index contributed by atoms with van der Waals surface area (Å²) in [7, 11) is 0. The number of hydrogen-bond acceptors (Lipinski definition) is 6. The van der Waals surface area contributed by atoms with Gasteiger partial charge >= 0.3 is 12.1 Å². The van der Waals surface area contributed by atoms with Gasteiger partial charge in [-0.25, -0.2) is 14.0 Å². The first-order valence-corrected chi connectivity index (χ1v) is 9.77. The normalized spacial score (nSPS) is 14.2. The highest BCUT2D eigenvalue weighted by molar-refractivity contribution is 5.90. The number of esters is 1. The van der Waals surface area contributed by atoms with E-state index in [1.807, 2.05) is 0 Å². The minimum absolute atomic E-state index is 0.293. The SMILES string of the molecule is C[C@H](NC(=O)OC(C)(C)C)C(=O)NCC(=O)N[C@@H](CC(C)(C)F)C(=O)OC(C)(C)C. The maximum absolute atomic E-state index is 14.1. The van der Waals surface area contributed by atoms with E-state index in [4.69, 9.17) is 9.47 Å². The topological polar surface area (TPSA) is 123 Å². The van der Waals surface area contributed by atoms with Crippen LogP contribution in [0.1, 0.15) is 68.7 Å². The van der Waals surface area contributed by atoms with Crippen LogP contribution in [0.3, 0.4) is 0 Å². The average molecular weight is 434 g/mol. The smallest absolute Gasteiger partial charge is 0.408 e. The van der Waals surface area contributed by atoms with Gasteiger partial charge in [0.25, 0.3) is 0 Å². The molecular weight excluding hydrogens is 397 g/mol. The van der Waals surface area contributed by atoms with E-state index in [0.29, 0.717) is 0 Å². The molecule has 0 heterocycles. The molecule has 9 nitrogen and oxygen atoms in total. The Morgan fingerprint density at radius 1 is 0.867 bits per heavy atom. The molecule has 0 unspecified atom stereocenters. The Labute approximate surface area is 177 Å². The molecule has 0 spiro atoms. The molecule has 0 aromatic heterocycles. The summed E-state index contributed by atoms with van der Waals surface area (Å²) in [6, 6.07) is -2.18. The molecule has 0 rings (SSSR count). The summed E-state index contributed by atoms with van der Waals surface area (Å²) < 4.78 is 24.3. The Morgan fingerprint density at radius 2 is 1.37 bits per heavy atom. The summed E-state index contributed by atoms with van der Waals surface area (Å²) in [6.45, 7) is 13.5. The van der Waals surface area contributed by atoms with Gasteiger partial charge in [0.15, 0.2) is 0 Å². The number of halogens is 1. The summed E-state index contributed by atoms with van der Waals surface area (Å²) in [5, 5.41) is 7.07. The number of carbonyl (C=O) groups is 4. The summed E-state index contributed by atoms with van der Waals surface area (Å²) in [4.78, 5) is 48.3. The van der Waals surface area contributed by atoms with Crippen LogP contribution in [-0.2, 0) is 23.9 Å². The number of alkyl halides is 1. The van der Waals surface area contributed by atoms with Crippen LogP contribution in [0.2, 0.25) is 0 Å². The highest BCUT2D eigenvalue weighted by Gasteiger charge is 2.32. The lowest BCUT2D eigenvalue weighted by molar-refractivity contribution is -0.159. The number of amides is 3. The van der Waals surface area contributed by atoms with Crippen LogP contribution in [-0.4, -0.2) is 59.4 Å². The van der Waals surface area contributed by atoms with Crippen LogP contribution in [0.4, 0.5) is 9.18 Å². The second kappa shape index (κ2) is 10.6. The second-order valence-electron chi connectivity index (χ2n) is 9.66. The van der Waals surface area contributed by atoms with Gasteiger partial charge in [-0.3, -0.25) is 9.59 Å². The molecule has 0 saturated carbocycles. The van der Waals surface area contributed by atoms with E-state index in [0.717, 1.165) is 0 Å². The van der Waals surface area contributed by atoms with Crippen molar-refractivity contribution in [2.45, 2.75) is 97.7 Å². The number of ether oxygens (including phenoxy) is 2. The van der Waals surface area contributed by atoms with Gasteiger partial charge in [0.05, 0.1) is 6.54 Å². The molecule has 0 aromatic carbocycles. The molecule has 0 bridgehead atoms. The largest absolute Gasteiger partial charge is 0.458 e. The molecule has 2 atom stereocenters. The maximum atomic E-state index is 14.1. The molecule has 174 valence electrons. The van der Waals surface area contributed by atoms with Crippen LogP contribution in [0.15, 0.2) is 0 Å². The molecule has 0 aliphatic heterocycles. The van der Waals surface area contributed by atoms with E-state index in [1.165, 1.54) is 20.8 Å². The highest BCUT2D eigenvalue weighted by Crippen LogP contribution is 2.19. The second-order valence-corrected chi connectivity index (χ2v) is 9.66. The van der Waals surface area contributed by atoms with Gasteiger partial charge in [-0.05, 0) is 62.3 Å². The molecule has 10 heteroatoms. The van der Waals surface area contributed by atoms with Gasteiger partial charge < -0.3 is 25.4 Å². The zero-order chi connectivity index (χ0) is 23.9. The Kier molecular flexibility index (Phi) is 9.74. The number of carbonyl (C=O) groups excluding carboxylic acids is 4. The van der Waals surface area contributed by atoms with E-state index >= 15 is 0 Å². The van der Waals surface area contributed by atoms with Gasteiger partial charge in [-0.1, -0.05) is 0 Å². The van der Waals surface area contributed by atoms with Crippen molar-refractivity contribution in [2.75, 3.05) is 6.54 Å². The molecule has 3 amide bonds. The number of nitrogens with one attached hydrogen (secondary N) is 3. The summed E-state index contributed by atoms with van der Waals surface area (Å²) >= 11 is 0. The van der Waals surface area contributed by atoms with Crippen LogP contribution in [0.25, 0.3) is 0 Å². The molecule has 0 aliphatic rings. The van der Waals surface area contributed by atoms with Crippen molar-refractivity contribution in [3.05, 3.63) is 0 Å². The van der Waals surface area contributed by atoms with Gasteiger partial charge in [0.1, 0.15) is 29.0 Å². The van der Waals surface area contributed by atoms with E-state index in [2.05, 4.69) is 16.0 Å². The third-order valence-electron chi connectivity index (χ3n) is 3.27. The van der Waals surface area contributed by atoms with E-state index in [1.54, 1.807) is 41.5 Å². The fraction of sp³-hybridized carbons (Fsp3) is 0.800. The van der Waals surface area contributed by atoms with Crippen molar-refractivity contribution in [1.82, 2.24) is 16.0 Å². The maximum Gasteiger partial charge on any atom is 0.408 e. The third-order valence-corrected chi connectivity index (χ3v) is 3.27. The third kappa shape index (κ3) is 13.7. The Hall–Kier alpha value is -2.39. The monoisotopic (exact) mass is 433 g/mol. The molecule has 30 heavy (non-hydrogen) atoms. The quantitative estimate of drug-likeness (QED) is 0.503. The van der Waals surface area contributed by atoms with Crippen molar-refractivity contribution >= 4 is 23.9 Å². The predicted molar refractivity (Wildman–Crippen MR) is 109 cm³/mol. The number of hydrogen-bond donors (Lipinski definition) is 3. The highest BCUT2D eigenvalue weighted by atomic mass is 19.1. The van der Waals surface area contributed by atoms with Gasteiger partial charge in [0, 0.05) is 6.42 Å². The van der Waals surface area contributed by atoms with Gasteiger partial charge in [-0.15, -0.1) is 0 Å². The lowest BCUT2D eigenvalue weighted by Crippen LogP contribution is -2.52. The number of alkyl carbamates (subject to hydrolysis) is 1. The summed E-state index contributed by atoms with van der Waals surface area (Å²) in [5.41, 5.74) is -3.26. The first-order chi connectivity index (χ1) is 13.3. The minimum Gasteiger partial charge on any atom is -0.458 e. The van der Waals surface area contributed by atoms with Gasteiger partial charge in [0.2, 0.25) is 11.8 Å². The fourth-order valence-corrected chi connectivity index (χ4v) is 2.17. The lowest BCUT2D eigenvalue weighted by Gasteiger charge is -2.27. The number of rotatable bonds is 8. The zero-order valence-electron chi connectivity index (χ0n) is 19.4. The first kappa shape index (κ1) is 27.6. The van der Waals surface area contributed by atoms with E-state index in [-0.39, 0.29) is 6.42 Å². The molecule has 0 fully saturated rings. The predicted octanol–water partition coefficient (Wildman–Crippen LogP) is 1.98. The van der Waals surface area contributed by atoms with Crippen LogP contribution >= 0.6 is 0 Å². The molecule has 0 radical (unpaired) electrons. The summed E-state index contributed by atoms with van der Waals surface area (Å²) in [5.74, 6) is -2.10. The standard InChI is InChI=1S/C20H36FN3O6/c1-12(23-17(28)30-19(5,6)7)15(26)22-11-14(25)24-13(10-20(8,9)21)16(27)29-18(2,3)4/h12-13H,10-11H2,1-9H3,(H,22,26)(H,23,28)(H,24,25)/t12-,13-/m0/s1. The Balaban J connectivity index is 4.78. The molecule has 0 saturated heterocycles. The molecular formula is C20H36FN3O6.